The largest absolute Gasteiger partial charge is 0.478 e. The number of rotatable bonds is 7. The number of ether oxygens (including phenoxy) is 1. The predicted octanol–water partition coefficient (Wildman–Crippen LogP) is 10.3. The highest BCUT2D eigenvalue weighted by Crippen LogP contribution is 2.04. The van der Waals surface area contributed by atoms with E-state index in [9.17, 15) is 19.2 Å². The molecule has 4 rings (SSSR count). The van der Waals surface area contributed by atoms with E-state index in [0.29, 0.717) is 24.2 Å². The fourth-order valence-corrected chi connectivity index (χ4v) is 3.04. The second-order valence-electron chi connectivity index (χ2n) is 8.54. The van der Waals surface area contributed by atoms with Gasteiger partial charge >= 0.3 is 11.9 Å². The number of hydrogen-bond acceptors (Lipinski definition) is 10. The maximum Gasteiger partial charge on any atom is 0.338 e. The van der Waals surface area contributed by atoms with Crippen molar-refractivity contribution in [1.29, 1.82) is 0 Å². The van der Waals surface area contributed by atoms with E-state index in [4.69, 9.17) is 35.4 Å². The molecule has 0 saturated carbocycles. The van der Waals surface area contributed by atoms with Crippen molar-refractivity contribution in [3.63, 3.8) is 0 Å². The van der Waals surface area contributed by atoms with Crippen molar-refractivity contribution in [3.05, 3.63) is 144 Å². The van der Waals surface area contributed by atoms with Gasteiger partial charge in [0.2, 0.25) is 0 Å². The first-order valence-electron chi connectivity index (χ1n) is 19.8. The van der Waals surface area contributed by atoms with Gasteiger partial charge in [0.1, 0.15) is 0 Å². The zero-order valence-electron chi connectivity index (χ0n) is 39.1. The van der Waals surface area contributed by atoms with Gasteiger partial charge in [-0.15, -0.1) is 0 Å². The van der Waals surface area contributed by atoms with Crippen molar-refractivity contribution in [2.24, 2.45) is 0 Å². The van der Waals surface area contributed by atoms with Crippen molar-refractivity contribution in [1.82, 2.24) is 0 Å². The molecule has 0 atom stereocenters. The van der Waals surface area contributed by atoms with Gasteiger partial charge in [0.05, 0.1) is 17.7 Å². The molecule has 0 unspecified atom stereocenters. The van der Waals surface area contributed by atoms with E-state index >= 15 is 0 Å². The topological polar surface area (TPSA) is 199 Å². The molecule has 0 aromatic heterocycles. The fraction of sp³-hybridized carbons (Fsp3) is 0.417. The summed E-state index contributed by atoms with van der Waals surface area (Å²) in [7, 11) is 4.00. The Morgan fingerprint density at radius 2 is 0.712 bits per heavy atom. The molecular weight excluding hydrogens is 753 g/mol. The van der Waals surface area contributed by atoms with E-state index in [1.54, 1.807) is 63.2 Å². The van der Waals surface area contributed by atoms with Gasteiger partial charge in [-0.3, -0.25) is 9.59 Å². The van der Waals surface area contributed by atoms with Crippen LogP contribution < -0.4 is 0 Å². The third-order valence-electron chi connectivity index (χ3n) is 5.06. The monoisotopic (exact) mass is 835 g/mol. The van der Waals surface area contributed by atoms with Crippen LogP contribution in [0.5, 0.6) is 0 Å². The van der Waals surface area contributed by atoms with E-state index < -0.39 is 5.97 Å². The molecular formula is C48H82O11. The maximum atomic E-state index is 11.2. The average Bonchev–Trinajstić information content (AvgIpc) is 3.34. The summed E-state index contributed by atoms with van der Waals surface area (Å²) in [5.74, 6) is -0.771. The van der Waals surface area contributed by atoms with Crippen LogP contribution in [0.1, 0.15) is 137 Å². The van der Waals surface area contributed by atoms with Crippen molar-refractivity contribution >= 4 is 23.5 Å². The van der Waals surface area contributed by atoms with Crippen LogP contribution >= 0.6 is 0 Å². The van der Waals surface area contributed by atoms with Crippen molar-refractivity contribution in [3.8, 4) is 0 Å². The van der Waals surface area contributed by atoms with Crippen LogP contribution in [0.4, 0.5) is 0 Å². The van der Waals surface area contributed by atoms with Gasteiger partial charge < -0.3 is 35.4 Å². The van der Waals surface area contributed by atoms with Crippen molar-refractivity contribution in [2.75, 3.05) is 41.7 Å². The third kappa shape index (κ3) is 57.4. The van der Waals surface area contributed by atoms with E-state index in [1.165, 1.54) is 0 Å². The van der Waals surface area contributed by atoms with Crippen LogP contribution in [0, 0.1) is 0 Å². The van der Waals surface area contributed by atoms with Gasteiger partial charge in [0.25, 0.3) is 0 Å². The Morgan fingerprint density at radius 3 is 0.915 bits per heavy atom. The number of ketones is 2. The summed E-state index contributed by atoms with van der Waals surface area (Å²) in [5.41, 5.74) is 2.54. The highest BCUT2D eigenvalue weighted by molar-refractivity contribution is 5.96. The second-order valence-corrected chi connectivity index (χ2v) is 8.54. The third-order valence-corrected chi connectivity index (χ3v) is 5.06. The van der Waals surface area contributed by atoms with Crippen LogP contribution in [-0.4, -0.2) is 95.8 Å². The molecule has 59 heavy (non-hydrogen) atoms. The van der Waals surface area contributed by atoms with E-state index in [2.05, 4.69) is 0 Å². The Labute approximate surface area is 358 Å². The minimum Gasteiger partial charge on any atom is -0.478 e. The maximum absolute atomic E-state index is 11.2. The van der Waals surface area contributed by atoms with E-state index in [-0.39, 0.29) is 24.1 Å². The molecule has 11 nitrogen and oxygen atoms in total. The first-order chi connectivity index (χ1) is 28.7. The molecule has 0 radical (unpaired) electrons. The average molecular weight is 835 g/mol. The number of carbonyl (C=O) groups is 4. The van der Waals surface area contributed by atoms with E-state index in [0.717, 1.165) is 46.0 Å². The molecule has 6 N–H and O–H groups in total. The summed E-state index contributed by atoms with van der Waals surface area (Å²) in [6.45, 7) is 23.7. The van der Waals surface area contributed by atoms with Crippen LogP contribution in [0.3, 0.4) is 0 Å². The molecule has 4 aromatic carbocycles. The molecule has 11 heteroatoms. The summed E-state index contributed by atoms with van der Waals surface area (Å²) in [6.07, 6.45) is 1.58. The standard InChI is InChI=1S/C10H12O.C9H10O2.C8H8O.C7H6O2.C2H6O.4C2H6.4CH4O/c1-2-6-10(11)9-7-4-3-5-8-9;1-2-11-9(10)8-6-4-3-5-7-8;1-7(9)8-5-3-2-4-6-8;8-7(9)6-4-2-1-3-5-6;1-2-3;8*1-2/h3-5,7-8H,2,6H2,1H3;3-7H,2H2,1H3;2-6H,1H3;1-5H,(H,8,9);3H,2H2,1H3;4*1-2H3;4*2H,1H3. The van der Waals surface area contributed by atoms with Gasteiger partial charge in [0.15, 0.2) is 11.6 Å². The molecule has 4 aromatic rings. The van der Waals surface area contributed by atoms with Gasteiger partial charge in [0, 0.05) is 52.6 Å². The zero-order chi connectivity index (χ0) is 48.3. The van der Waals surface area contributed by atoms with Gasteiger partial charge in [-0.25, -0.2) is 9.59 Å². The molecule has 0 bridgehead atoms. The number of hydrogen-bond donors (Lipinski definition) is 6. The van der Waals surface area contributed by atoms with E-state index in [1.807, 2.05) is 141 Å². The molecule has 0 saturated heterocycles. The number of Topliss-reactive ketones (excluding diaryl/α,β-unsaturated/α-hetero) is 2. The zero-order valence-corrected chi connectivity index (χ0v) is 39.1. The van der Waals surface area contributed by atoms with Crippen LogP contribution in [0.25, 0.3) is 0 Å². The summed E-state index contributed by atoms with van der Waals surface area (Å²) >= 11 is 0. The van der Waals surface area contributed by atoms with Gasteiger partial charge in [-0.1, -0.05) is 159 Å². The molecule has 0 fully saturated rings. The van der Waals surface area contributed by atoms with Crippen LogP contribution in [0.15, 0.2) is 121 Å². The lowest BCUT2D eigenvalue weighted by molar-refractivity contribution is 0.0525. The Balaban J connectivity index is -0.0000000710. The Hall–Kier alpha value is -5.04. The minimum absolute atomic E-state index is 0.121. The molecule has 0 spiro atoms. The SMILES string of the molecule is CC.CC.CC.CC.CC(=O)c1ccccc1.CCCC(=O)c1ccccc1.CCO.CCOC(=O)c1ccccc1.CO.CO.CO.CO.O=C(O)c1ccccc1. The molecule has 340 valence electrons. The highest BCUT2D eigenvalue weighted by Gasteiger charge is 2.03. The Kier molecular flexibility index (Phi) is 93.9. The second kappa shape index (κ2) is 74.0. The fourth-order valence-electron chi connectivity index (χ4n) is 3.04. The van der Waals surface area contributed by atoms with Crippen LogP contribution in [0.2, 0.25) is 0 Å². The number of carboxylic acid groups (broad SMARTS) is 1. The summed E-state index contributed by atoms with van der Waals surface area (Å²) < 4.78 is 4.79. The minimum atomic E-state index is -0.879. The molecule has 0 aliphatic carbocycles. The lowest BCUT2D eigenvalue weighted by Gasteiger charge is -1.99. The number of esters is 1. The molecule has 0 amide bonds. The van der Waals surface area contributed by atoms with Crippen molar-refractivity contribution in [2.45, 2.75) is 95.9 Å². The van der Waals surface area contributed by atoms with Gasteiger partial charge in [-0.05, 0) is 51.5 Å². The number of aliphatic hydroxyl groups excluding tert-OH is 5. The van der Waals surface area contributed by atoms with Crippen molar-refractivity contribution < 1.29 is 54.6 Å². The smallest absolute Gasteiger partial charge is 0.338 e. The number of carbonyl (C=O) groups excluding carboxylic acids is 3. The number of aliphatic hydroxyl groups is 5. The molecule has 0 aliphatic rings. The lowest BCUT2D eigenvalue weighted by atomic mass is 10.1. The number of aromatic carboxylic acids is 1. The summed E-state index contributed by atoms with van der Waals surface area (Å²) in [5, 5.41) is 44.0. The van der Waals surface area contributed by atoms with Gasteiger partial charge in [-0.2, -0.15) is 0 Å². The summed E-state index contributed by atoms with van der Waals surface area (Å²) in [6, 6.07) is 35.9. The number of benzene rings is 4. The summed E-state index contributed by atoms with van der Waals surface area (Å²) in [4.78, 5) is 43.1. The quantitative estimate of drug-likeness (QED) is 0.0765. The first kappa shape index (κ1) is 74.9. The Bertz CT molecular complexity index is 1200. The normalized spacial score (nSPS) is 7.34. The number of carboxylic acids is 1. The molecule has 0 aliphatic heterocycles. The predicted molar refractivity (Wildman–Crippen MR) is 249 cm³/mol. The first-order valence-corrected chi connectivity index (χ1v) is 19.8. The lowest BCUT2D eigenvalue weighted by Crippen LogP contribution is -2.03. The molecule has 0 heterocycles. The van der Waals surface area contributed by atoms with Crippen LogP contribution in [-0.2, 0) is 4.74 Å². The highest BCUT2D eigenvalue weighted by atomic mass is 16.5. The Morgan fingerprint density at radius 1 is 0.458 bits per heavy atom.